The highest BCUT2D eigenvalue weighted by molar-refractivity contribution is 9.10. The topological polar surface area (TPSA) is 65.0 Å². The average Bonchev–Trinajstić information content (AvgIpc) is 2.98. The Bertz CT molecular complexity index is 690. The van der Waals surface area contributed by atoms with Gasteiger partial charge in [0, 0.05) is 10.5 Å². The summed E-state index contributed by atoms with van der Waals surface area (Å²) in [6.07, 6.45) is 0. The lowest BCUT2D eigenvalue weighted by atomic mass is 10.2. The van der Waals surface area contributed by atoms with Crippen molar-refractivity contribution in [3.8, 4) is 23.0 Å². The Morgan fingerprint density at radius 1 is 1.11 bits per heavy atom. The molecule has 0 saturated heterocycles. The van der Waals surface area contributed by atoms with Crippen LogP contribution < -0.4 is 0 Å². The second-order valence-electron chi connectivity index (χ2n) is 3.72. The fourth-order valence-electron chi connectivity index (χ4n) is 1.54. The summed E-state index contributed by atoms with van der Waals surface area (Å²) >= 11 is 3.44. The van der Waals surface area contributed by atoms with Gasteiger partial charge in [-0.1, -0.05) is 17.3 Å². The maximum absolute atomic E-state index is 5.58. The van der Waals surface area contributed by atoms with E-state index in [0.717, 1.165) is 10.0 Å². The Morgan fingerprint density at radius 3 is 2.61 bits per heavy atom. The van der Waals surface area contributed by atoms with Gasteiger partial charge in [-0.3, -0.25) is 0 Å². The standard InChI is InChI=1S/C12H8BrN3O2/c1-7-6-10(16-18-7)12-15-14-11(17-12)8-4-2-3-5-9(8)13/h2-6H,1H3. The van der Waals surface area contributed by atoms with E-state index >= 15 is 0 Å². The average molecular weight is 306 g/mol. The summed E-state index contributed by atoms with van der Waals surface area (Å²) in [5.74, 6) is 1.49. The van der Waals surface area contributed by atoms with Crippen LogP contribution in [-0.2, 0) is 0 Å². The summed E-state index contributed by atoms with van der Waals surface area (Å²) < 4.78 is 11.4. The zero-order valence-corrected chi connectivity index (χ0v) is 11.0. The SMILES string of the molecule is Cc1cc(-c2nnc(-c3ccccc3Br)o2)no1. The Kier molecular flexibility index (Phi) is 2.71. The minimum Gasteiger partial charge on any atom is -0.414 e. The number of halogens is 1. The highest BCUT2D eigenvalue weighted by Gasteiger charge is 2.15. The van der Waals surface area contributed by atoms with Gasteiger partial charge in [0.05, 0.1) is 5.56 Å². The van der Waals surface area contributed by atoms with Gasteiger partial charge in [-0.15, -0.1) is 10.2 Å². The number of rotatable bonds is 2. The molecule has 6 heteroatoms. The molecule has 0 aliphatic carbocycles. The lowest BCUT2D eigenvalue weighted by Crippen LogP contribution is -1.78. The molecule has 90 valence electrons. The number of hydrogen-bond acceptors (Lipinski definition) is 5. The summed E-state index contributed by atoms with van der Waals surface area (Å²) in [5.41, 5.74) is 1.38. The number of aryl methyl sites for hydroxylation is 1. The van der Waals surface area contributed by atoms with Gasteiger partial charge in [-0.2, -0.15) is 0 Å². The van der Waals surface area contributed by atoms with Gasteiger partial charge in [0.25, 0.3) is 5.89 Å². The number of benzene rings is 1. The third-order valence-electron chi connectivity index (χ3n) is 2.38. The largest absolute Gasteiger partial charge is 0.414 e. The summed E-state index contributed by atoms with van der Waals surface area (Å²) in [4.78, 5) is 0. The molecule has 0 aliphatic rings. The maximum atomic E-state index is 5.58. The fraction of sp³-hybridized carbons (Fsp3) is 0.0833. The van der Waals surface area contributed by atoms with Crippen LogP contribution in [0, 0.1) is 6.92 Å². The summed E-state index contributed by atoms with van der Waals surface area (Å²) in [5, 5.41) is 11.8. The molecule has 0 aliphatic heterocycles. The van der Waals surface area contributed by atoms with E-state index in [9.17, 15) is 0 Å². The van der Waals surface area contributed by atoms with Crippen molar-refractivity contribution in [2.24, 2.45) is 0 Å². The van der Waals surface area contributed by atoms with Crippen molar-refractivity contribution in [1.29, 1.82) is 0 Å². The fourth-order valence-corrected chi connectivity index (χ4v) is 1.99. The lowest BCUT2D eigenvalue weighted by Gasteiger charge is -1.96. The third-order valence-corrected chi connectivity index (χ3v) is 3.07. The molecule has 0 fully saturated rings. The first-order valence-corrected chi connectivity index (χ1v) is 6.05. The molecule has 0 unspecified atom stereocenters. The first-order chi connectivity index (χ1) is 8.74. The Hall–Kier alpha value is -1.95. The van der Waals surface area contributed by atoms with Crippen molar-refractivity contribution in [3.63, 3.8) is 0 Å². The van der Waals surface area contributed by atoms with Gasteiger partial charge in [0.15, 0.2) is 5.69 Å². The predicted octanol–water partition coefficient (Wildman–Crippen LogP) is 3.46. The van der Waals surface area contributed by atoms with Gasteiger partial charge < -0.3 is 8.94 Å². The van der Waals surface area contributed by atoms with E-state index in [4.69, 9.17) is 8.94 Å². The first-order valence-electron chi connectivity index (χ1n) is 5.26. The molecule has 3 rings (SSSR count). The van der Waals surface area contributed by atoms with Gasteiger partial charge >= 0.3 is 0 Å². The molecule has 0 saturated carbocycles. The zero-order valence-electron chi connectivity index (χ0n) is 9.42. The normalized spacial score (nSPS) is 10.8. The number of nitrogens with zero attached hydrogens (tertiary/aromatic N) is 3. The first kappa shape index (κ1) is 11.2. The molecular formula is C12H8BrN3O2. The number of aromatic nitrogens is 3. The van der Waals surface area contributed by atoms with Crippen LogP contribution in [0.15, 0.2) is 43.7 Å². The monoisotopic (exact) mass is 305 g/mol. The van der Waals surface area contributed by atoms with Crippen LogP contribution in [0.25, 0.3) is 23.0 Å². The molecule has 1 aromatic carbocycles. The van der Waals surface area contributed by atoms with Crippen LogP contribution in [0.3, 0.4) is 0 Å². The van der Waals surface area contributed by atoms with Crippen LogP contribution in [0.1, 0.15) is 5.76 Å². The quantitative estimate of drug-likeness (QED) is 0.725. The van der Waals surface area contributed by atoms with E-state index in [1.54, 1.807) is 6.07 Å². The summed E-state index contributed by atoms with van der Waals surface area (Å²) in [6.45, 7) is 1.81. The Balaban J connectivity index is 2.02. The van der Waals surface area contributed by atoms with Crippen molar-refractivity contribution in [3.05, 3.63) is 40.6 Å². The Morgan fingerprint density at radius 2 is 1.89 bits per heavy atom. The molecule has 0 N–H and O–H groups in total. The highest BCUT2D eigenvalue weighted by atomic mass is 79.9. The summed E-state index contributed by atoms with van der Waals surface area (Å²) in [6, 6.07) is 9.39. The van der Waals surface area contributed by atoms with Gasteiger partial charge in [0.1, 0.15) is 5.76 Å². The molecule has 0 radical (unpaired) electrons. The van der Waals surface area contributed by atoms with Gasteiger partial charge in [0.2, 0.25) is 5.89 Å². The maximum Gasteiger partial charge on any atom is 0.270 e. The minimum atomic E-state index is 0.345. The van der Waals surface area contributed by atoms with Crippen LogP contribution in [0.5, 0.6) is 0 Å². The van der Waals surface area contributed by atoms with Crippen molar-refractivity contribution in [2.45, 2.75) is 6.92 Å². The minimum absolute atomic E-state index is 0.345. The van der Waals surface area contributed by atoms with Crippen molar-refractivity contribution in [1.82, 2.24) is 15.4 Å². The second kappa shape index (κ2) is 4.38. The van der Waals surface area contributed by atoms with E-state index in [0.29, 0.717) is 23.2 Å². The third kappa shape index (κ3) is 1.95. The molecule has 3 aromatic rings. The molecule has 0 amide bonds. The predicted molar refractivity (Wildman–Crippen MR) is 67.7 cm³/mol. The molecule has 2 heterocycles. The molecule has 0 atom stereocenters. The molecule has 2 aromatic heterocycles. The van der Waals surface area contributed by atoms with Gasteiger partial charge in [-0.05, 0) is 35.0 Å². The zero-order chi connectivity index (χ0) is 12.5. The second-order valence-corrected chi connectivity index (χ2v) is 4.57. The van der Waals surface area contributed by atoms with Crippen molar-refractivity contribution >= 4 is 15.9 Å². The summed E-state index contributed by atoms with van der Waals surface area (Å²) in [7, 11) is 0. The molecule has 5 nitrogen and oxygen atoms in total. The van der Waals surface area contributed by atoms with Crippen LogP contribution in [0.2, 0.25) is 0 Å². The van der Waals surface area contributed by atoms with E-state index in [1.165, 1.54) is 0 Å². The van der Waals surface area contributed by atoms with Crippen LogP contribution in [0.4, 0.5) is 0 Å². The lowest BCUT2D eigenvalue weighted by molar-refractivity contribution is 0.397. The van der Waals surface area contributed by atoms with Gasteiger partial charge in [-0.25, -0.2) is 0 Å². The molecular weight excluding hydrogens is 298 g/mol. The number of hydrogen-bond donors (Lipinski definition) is 0. The van der Waals surface area contributed by atoms with Crippen molar-refractivity contribution < 1.29 is 8.94 Å². The smallest absolute Gasteiger partial charge is 0.270 e. The van der Waals surface area contributed by atoms with E-state index < -0.39 is 0 Å². The Labute approximate surface area is 111 Å². The van der Waals surface area contributed by atoms with Crippen LogP contribution in [-0.4, -0.2) is 15.4 Å². The molecule has 18 heavy (non-hydrogen) atoms. The van der Waals surface area contributed by atoms with E-state index in [2.05, 4.69) is 31.3 Å². The molecule has 0 spiro atoms. The van der Waals surface area contributed by atoms with E-state index in [1.807, 2.05) is 31.2 Å². The van der Waals surface area contributed by atoms with E-state index in [-0.39, 0.29) is 0 Å². The highest BCUT2D eigenvalue weighted by Crippen LogP contribution is 2.28. The van der Waals surface area contributed by atoms with Crippen LogP contribution >= 0.6 is 15.9 Å². The molecule has 0 bridgehead atoms. The van der Waals surface area contributed by atoms with Crippen molar-refractivity contribution in [2.75, 3.05) is 0 Å².